The van der Waals surface area contributed by atoms with Crippen LogP contribution in [0.15, 0.2) is 4.34 Å². The van der Waals surface area contributed by atoms with E-state index in [-0.39, 0.29) is 11.3 Å². The highest BCUT2D eigenvalue weighted by Crippen LogP contribution is 2.49. The predicted octanol–water partition coefficient (Wildman–Crippen LogP) is 3.63. The van der Waals surface area contributed by atoms with Crippen LogP contribution in [0.4, 0.5) is 26.3 Å². The van der Waals surface area contributed by atoms with E-state index in [4.69, 9.17) is 0 Å². The second-order valence-electron chi connectivity index (χ2n) is 3.15. The number of thiazole rings is 1. The standard InChI is InChI=1S/C7HF6NO2S3/c8-6(9,10)3-1-2(4(18-3)7(11,12)13)17-5(14-1)19(15)16/h(H,15,16)/p-1. The van der Waals surface area contributed by atoms with Crippen LogP contribution < -0.4 is 0 Å². The Labute approximate surface area is 111 Å². The van der Waals surface area contributed by atoms with E-state index in [9.17, 15) is 35.1 Å². The quantitative estimate of drug-likeness (QED) is 0.588. The molecule has 0 saturated carbocycles. The van der Waals surface area contributed by atoms with Crippen molar-refractivity contribution >= 4 is 44.0 Å². The monoisotopic (exact) mass is 340 g/mol. The van der Waals surface area contributed by atoms with E-state index in [0.29, 0.717) is 0 Å². The maximum absolute atomic E-state index is 12.6. The van der Waals surface area contributed by atoms with Crippen LogP contribution in [0.1, 0.15) is 9.75 Å². The lowest BCUT2D eigenvalue weighted by molar-refractivity contribution is -0.134. The van der Waals surface area contributed by atoms with Crippen molar-refractivity contribution in [3.05, 3.63) is 9.75 Å². The molecular formula is C7F6NO2S3-. The van der Waals surface area contributed by atoms with Crippen LogP contribution in [-0.4, -0.2) is 13.7 Å². The minimum Gasteiger partial charge on any atom is -0.767 e. The van der Waals surface area contributed by atoms with Crippen LogP contribution in [0.5, 0.6) is 0 Å². The fraction of sp³-hybridized carbons (Fsp3) is 0.286. The summed E-state index contributed by atoms with van der Waals surface area (Å²) in [7, 11) is 0. The lowest BCUT2D eigenvalue weighted by atomic mass is 10.3. The van der Waals surface area contributed by atoms with Crippen LogP contribution >= 0.6 is 22.7 Å². The second-order valence-corrected chi connectivity index (χ2v) is 6.28. The van der Waals surface area contributed by atoms with Crippen molar-refractivity contribution in [1.82, 2.24) is 4.98 Å². The normalized spacial score (nSPS) is 15.1. The Bertz CT molecular complexity index is 608. The van der Waals surface area contributed by atoms with Gasteiger partial charge in [0.15, 0.2) is 4.34 Å². The number of aromatic nitrogens is 1. The molecule has 0 bridgehead atoms. The van der Waals surface area contributed by atoms with E-state index in [1.807, 2.05) is 0 Å². The number of rotatable bonds is 1. The molecule has 0 aromatic carbocycles. The Balaban J connectivity index is 2.81. The molecular weight excluding hydrogens is 340 g/mol. The molecule has 0 spiro atoms. The van der Waals surface area contributed by atoms with Gasteiger partial charge in [-0.3, -0.25) is 4.21 Å². The molecule has 0 radical (unpaired) electrons. The number of hydrogen-bond donors (Lipinski definition) is 0. The summed E-state index contributed by atoms with van der Waals surface area (Å²) < 4.78 is 95.1. The average molecular weight is 340 g/mol. The molecule has 0 N–H and O–H groups in total. The van der Waals surface area contributed by atoms with Crippen molar-refractivity contribution in [3.63, 3.8) is 0 Å². The van der Waals surface area contributed by atoms with Crippen molar-refractivity contribution < 1.29 is 35.1 Å². The Hall–Kier alpha value is -0.720. The zero-order valence-corrected chi connectivity index (χ0v) is 10.7. The topological polar surface area (TPSA) is 53.0 Å². The summed E-state index contributed by atoms with van der Waals surface area (Å²) in [5.74, 6) is 0. The van der Waals surface area contributed by atoms with Gasteiger partial charge in [0.2, 0.25) is 0 Å². The SMILES string of the molecule is O=S([O-])c1nc2c(C(F)(F)F)sc(C(F)(F)F)c2s1. The summed E-state index contributed by atoms with van der Waals surface area (Å²) in [6.45, 7) is 0. The Morgan fingerprint density at radius 2 is 1.53 bits per heavy atom. The van der Waals surface area contributed by atoms with Gasteiger partial charge in [0.05, 0.1) is 4.70 Å². The first-order valence-electron chi connectivity index (χ1n) is 4.19. The van der Waals surface area contributed by atoms with Crippen LogP contribution in [0.3, 0.4) is 0 Å². The summed E-state index contributed by atoms with van der Waals surface area (Å²) >= 11 is -3.41. The van der Waals surface area contributed by atoms with Gasteiger partial charge in [0.1, 0.15) is 15.3 Å². The van der Waals surface area contributed by atoms with E-state index in [1.54, 1.807) is 0 Å². The van der Waals surface area contributed by atoms with E-state index in [2.05, 4.69) is 4.98 Å². The number of alkyl halides is 6. The summed E-state index contributed by atoms with van der Waals surface area (Å²) in [6.07, 6.45) is -10.0. The molecule has 2 aromatic heterocycles. The molecule has 1 unspecified atom stereocenters. The maximum Gasteiger partial charge on any atom is 0.427 e. The summed E-state index contributed by atoms with van der Waals surface area (Å²) in [5.41, 5.74) is -0.978. The fourth-order valence-corrected chi connectivity index (χ4v) is 3.89. The van der Waals surface area contributed by atoms with Crippen LogP contribution in [0, 0.1) is 0 Å². The molecule has 0 aliphatic rings. The molecule has 0 aliphatic carbocycles. The molecule has 2 aromatic rings. The van der Waals surface area contributed by atoms with Crippen molar-refractivity contribution in [2.24, 2.45) is 0 Å². The first-order valence-corrected chi connectivity index (χ1v) is 6.89. The van der Waals surface area contributed by atoms with Gasteiger partial charge in [0.25, 0.3) is 0 Å². The molecule has 0 saturated heterocycles. The summed E-state index contributed by atoms with van der Waals surface area (Å²) in [4.78, 5) is 0.0598. The molecule has 0 fully saturated rings. The van der Waals surface area contributed by atoms with Gasteiger partial charge in [0, 0.05) is 11.1 Å². The van der Waals surface area contributed by atoms with Crippen molar-refractivity contribution in [2.45, 2.75) is 16.7 Å². The van der Waals surface area contributed by atoms with E-state index in [0.717, 1.165) is 0 Å². The van der Waals surface area contributed by atoms with Gasteiger partial charge in [-0.15, -0.1) is 22.7 Å². The first-order chi connectivity index (χ1) is 8.51. The lowest BCUT2D eigenvalue weighted by Crippen LogP contribution is -2.03. The maximum atomic E-state index is 12.6. The Morgan fingerprint density at radius 1 is 1.00 bits per heavy atom. The third kappa shape index (κ3) is 2.61. The van der Waals surface area contributed by atoms with Crippen molar-refractivity contribution in [3.8, 4) is 0 Å². The molecule has 2 heterocycles. The van der Waals surface area contributed by atoms with E-state index < -0.39 is 59.1 Å². The van der Waals surface area contributed by atoms with Crippen LogP contribution in [0.25, 0.3) is 10.2 Å². The van der Waals surface area contributed by atoms with E-state index in [1.165, 1.54) is 0 Å². The molecule has 2 rings (SSSR count). The molecule has 106 valence electrons. The summed E-state index contributed by atoms with van der Waals surface area (Å²) in [5, 5.41) is 0. The predicted molar refractivity (Wildman–Crippen MR) is 54.7 cm³/mol. The number of thiophene rings is 1. The molecule has 0 aliphatic heterocycles. The van der Waals surface area contributed by atoms with Crippen molar-refractivity contribution in [2.75, 3.05) is 0 Å². The average Bonchev–Trinajstić information content (AvgIpc) is 2.68. The van der Waals surface area contributed by atoms with Gasteiger partial charge in [-0.1, -0.05) is 0 Å². The van der Waals surface area contributed by atoms with Crippen molar-refractivity contribution in [1.29, 1.82) is 0 Å². The number of hydrogen-bond acceptors (Lipinski definition) is 5. The zero-order chi connectivity index (χ0) is 14.6. The molecule has 12 heteroatoms. The smallest absolute Gasteiger partial charge is 0.427 e. The summed E-state index contributed by atoms with van der Waals surface area (Å²) in [6, 6.07) is 0. The minimum absolute atomic E-state index is 0.0625. The van der Waals surface area contributed by atoms with Gasteiger partial charge >= 0.3 is 12.4 Å². The highest BCUT2D eigenvalue weighted by molar-refractivity contribution is 7.81. The fourth-order valence-electron chi connectivity index (χ4n) is 1.26. The lowest BCUT2D eigenvalue weighted by Gasteiger charge is -2.04. The third-order valence-corrected chi connectivity index (χ3v) is 5.19. The number of halogens is 6. The number of fused-ring (bicyclic) bond motifs is 1. The molecule has 0 amide bonds. The zero-order valence-electron chi connectivity index (χ0n) is 8.26. The molecule has 1 atom stereocenters. The van der Waals surface area contributed by atoms with Crippen LogP contribution in [-0.2, 0) is 23.4 Å². The van der Waals surface area contributed by atoms with Gasteiger partial charge in [-0.05, 0) is 0 Å². The third-order valence-electron chi connectivity index (χ3n) is 1.89. The Morgan fingerprint density at radius 3 is 1.95 bits per heavy atom. The highest BCUT2D eigenvalue weighted by atomic mass is 32.2. The Kier molecular flexibility index (Phi) is 3.40. The first kappa shape index (κ1) is 14.7. The highest BCUT2D eigenvalue weighted by Gasteiger charge is 2.44. The van der Waals surface area contributed by atoms with Gasteiger partial charge in [-0.2, -0.15) is 26.3 Å². The molecule has 19 heavy (non-hydrogen) atoms. The molecule has 3 nitrogen and oxygen atoms in total. The van der Waals surface area contributed by atoms with E-state index >= 15 is 0 Å². The second kappa shape index (κ2) is 4.40. The largest absolute Gasteiger partial charge is 0.767 e. The van der Waals surface area contributed by atoms with Gasteiger partial charge in [-0.25, -0.2) is 4.98 Å². The van der Waals surface area contributed by atoms with Crippen LogP contribution in [0.2, 0.25) is 0 Å². The van der Waals surface area contributed by atoms with Gasteiger partial charge < -0.3 is 4.55 Å². The number of nitrogens with zero attached hydrogens (tertiary/aromatic N) is 1. The minimum atomic E-state index is -5.03.